The van der Waals surface area contributed by atoms with E-state index in [1.165, 1.54) is 73.3 Å². The first-order valence-electron chi connectivity index (χ1n) is 13.1. The molecule has 2 aromatic rings. The van der Waals surface area contributed by atoms with Gasteiger partial charge in [0.25, 0.3) is 0 Å². The fourth-order valence-electron chi connectivity index (χ4n) is 8.69. The normalized spacial score (nSPS) is 41.4. The smallest absolute Gasteiger partial charge is 0.0974 e. The van der Waals surface area contributed by atoms with Crippen LogP contribution in [0, 0.1) is 11.3 Å². The lowest BCUT2D eigenvalue weighted by Gasteiger charge is -2.54. The topological polar surface area (TPSA) is 25.4 Å². The average molecular weight is 441 g/mol. The van der Waals surface area contributed by atoms with E-state index < -0.39 is 0 Å². The molecule has 33 heavy (non-hydrogen) atoms. The Kier molecular flexibility index (Phi) is 4.20. The Hall–Kier alpha value is -1.97. The monoisotopic (exact) mass is 440 g/mol. The molecule has 2 saturated carbocycles. The highest BCUT2D eigenvalue weighted by Crippen LogP contribution is 2.69. The van der Waals surface area contributed by atoms with Crippen molar-refractivity contribution in [3.8, 4) is 0 Å². The molecular formula is C30H36N2O. The minimum Gasteiger partial charge on any atom is -0.359 e. The van der Waals surface area contributed by atoms with E-state index in [0.29, 0.717) is 17.9 Å². The van der Waals surface area contributed by atoms with Gasteiger partial charge < -0.3 is 9.64 Å². The number of nitrogens with zero attached hydrogens (tertiary/aromatic N) is 2. The molecule has 3 unspecified atom stereocenters. The van der Waals surface area contributed by atoms with Crippen LogP contribution in [0.1, 0.15) is 69.8 Å². The second-order valence-corrected chi connectivity index (χ2v) is 12.0. The fraction of sp³-hybridized carbons (Fsp3) is 0.567. The van der Waals surface area contributed by atoms with Crippen molar-refractivity contribution in [3.05, 3.63) is 65.5 Å². The number of fused-ring (bicyclic) bond motifs is 2. The van der Waals surface area contributed by atoms with Crippen LogP contribution >= 0.6 is 0 Å². The SMILES string of the molecule is CN(C)[C@@H]1CCC2=CC3=CCC4(C)C(c5ccc6ccncc6c5)CC[C@H]4[C@@]34CCC2(C1)O4. The minimum atomic E-state index is -0.0577. The molecule has 172 valence electrons. The molecule has 0 N–H and O–H groups in total. The van der Waals surface area contributed by atoms with Gasteiger partial charge in [-0.3, -0.25) is 4.98 Å². The number of benzene rings is 1. The van der Waals surface area contributed by atoms with Crippen molar-refractivity contribution in [1.29, 1.82) is 0 Å². The average Bonchev–Trinajstić information content (AvgIpc) is 3.33. The molecular weight excluding hydrogens is 404 g/mol. The van der Waals surface area contributed by atoms with Crippen LogP contribution in [-0.4, -0.2) is 41.2 Å². The zero-order chi connectivity index (χ0) is 22.4. The van der Waals surface area contributed by atoms with Crippen molar-refractivity contribution in [2.24, 2.45) is 11.3 Å². The van der Waals surface area contributed by atoms with Crippen molar-refractivity contribution < 1.29 is 4.74 Å². The zero-order valence-corrected chi connectivity index (χ0v) is 20.3. The highest BCUT2D eigenvalue weighted by molar-refractivity contribution is 5.82. The van der Waals surface area contributed by atoms with Gasteiger partial charge in [0.05, 0.1) is 11.2 Å². The lowest BCUT2D eigenvalue weighted by molar-refractivity contribution is -0.139. The first-order valence-corrected chi connectivity index (χ1v) is 13.1. The summed E-state index contributed by atoms with van der Waals surface area (Å²) in [6.45, 7) is 2.57. The van der Waals surface area contributed by atoms with Gasteiger partial charge in [0.15, 0.2) is 0 Å². The van der Waals surface area contributed by atoms with E-state index in [2.05, 4.69) is 67.3 Å². The molecule has 3 heterocycles. The Balaban J connectivity index is 1.28. The molecule has 1 aromatic carbocycles. The maximum atomic E-state index is 7.42. The van der Waals surface area contributed by atoms with Gasteiger partial charge in [0, 0.05) is 23.8 Å². The van der Waals surface area contributed by atoms with E-state index in [-0.39, 0.29) is 16.6 Å². The third kappa shape index (κ3) is 2.67. The molecule has 6 atom stereocenters. The molecule has 2 spiro atoms. The quantitative estimate of drug-likeness (QED) is 0.540. The highest BCUT2D eigenvalue weighted by Gasteiger charge is 2.66. The van der Waals surface area contributed by atoms with Crippen LogP contribution in [0.25, 0.3) is 10.8 Å². The number of hydrogen-bond acceptors (Lipinski definition) is 3. The van der Waals surface area contributed by atoms with E-state index in [1.807, 2.05) is 12.4 Å². The predicted molar refractivity (Wildman–Crippen MR) is 133 cm³/mol. The second-order valence-electron chi connectivity index (χ2n) is 12.0. The first-order chi connectivity index (χ1) is 15.9. The van der Waals surface area contributed by atoms with Gasteiger partial charge in [-0.1, -0.05) is 31.2 Å². The number of rotatable bonds is 2. The summed E-state index contributed by atoms with van der Waals surface area (Å²) in [7, 11) is 4.49. The molecule has 3 nitrogen and oxygen atoms in total. The molecule has 3 heteroatoms. The largest absolute Gasteiger partial charge is 0.359 e. The Labute approximate surface area is 197 Å². The summed E-state index contributed by atoms with van der Waals surface area (Å²) in [5.41, 5.74) is 4.82. The Morgan fingerprint density at radius 1 is 1.06 bits per heavy atom. The second kappa shape index (κ2) is 6.79. The van der Waals surface area contributed by atoms with Crippen molar-refractivity contribution in [2.45, 2.75) is 81.5 Å². The first kappa shape index (κ1) is 20.4. The summed E-state index contributed by atoms with van der Waals surface area (Å²) in [4.78, 5) is 6.81. The molecule has 1 aromatic heterocycles. The molecule has 1 saturated heterocycles. The lowest BCUT2D eigenvalue weighted by atomic mass is 9.58. The summed E-state index contributed by atoms with van der Waals surface area (Å²) in [5, 5.41) is 2.56. The third-order valence-corrected chi connectivity index (χ3v) is 10.5. The predicted octanol–water partition coefficient (Wildman–Crippen LogP) is 6.41. The van der Waals surface area contributed by atoms with Crippen LogP contribution in [0.3, 0.4) is 0 Å². The van der Waals surface area contributed by atoms with Crippen LogP contribution in [0.15, 0.2) is 60.0 Å². The van der Waals surface area contributed by atoms with Crippen LogP contribution in [0.2, 0.25) is 0 Å². The Bertz CT molecular complexity index is 1200. The molecule has 0 amide bonds. The number of aromatic nitrogens is 1. The van der Waals surface area contributed by atoms with Gasteiger partial charge >= 0.3 is 0 Å². The standard InChI is InChI=1S/C30H36N2O/c1-28-12-10-24-17-23-6-7-25(32(2)3)18-29(23)13-14-30(24,33-29)27(28)9-8-26(28)21-5-4-20-11-15-31-19-22(20)16-21/h4-5,10-11,15-17,19,25-27H,6-9,12-14,18H2,1-3H3/t25-,26?,27-,28?,29?,30-/m1/s1. The number of allylic oxidation sites excluding steroid dienone is 1. The molecule has 7 rings (SSSR count). The third-order valence-electron chi connectivity index (χ3n) is 10.5. The van der Waals surface area contributed by atoms with Crippen molar-refractivity contribution >= 4 is 10.8 Å². The Morgan fingerprint density at radius 2 is 1.97 bits per heavy atom. The minimum absolute atomic E-state index is 0.00448. The van der Waals surface area contributed by atoms with Gasteiger partial charge in [0.1, 0.15) is 0 Å². The van der Waals surface area contributed by atoms with Crippen LogP contribution in [-0.2, 0) is 4.74 Å². The lowest BCUT2D eigenvalue weighted by Crippen LogP contribution is -2.55. The van der Waals surface area contributed by atoms with E-state index in [4.69, 9.17) is 4.74 Å². The molecule has 3 fully saturated rings. The summed E-state index contributed by atoms with van der Waals surface area (Å²) in [6.07, 6.45) is 18.9. The van der Waals surface area contributed by atoms with Gasteiger partial charge in [0.2, 0.25) is 0 Å². The summed E-state index contributed by atoms with van der Waals surface area (Å²) < 4.78 is 7.42. The maximum Gasteiger partial charge on any atom is 0.0974 e. The number of ether oxygens (including phenoxy) is 1. The number of hydrogen-bond donors (Lipinski definition) is 0. The molecule has 5 aliphatic rings. The summed E-state index contributed by atoms with van der Waals surface area (Å²) in [6, 6.07) is 9.86. The van der Waals surface area contributed by atoms with Gasteiger partial charge in [-0.05, 0) is 117 Å². The Morgan fingerprint density at radius 3 is 2.85 bits per heavy atom. The van der Waals surface area contributed by atoms with Gasteiger partial charge in [-0.2, -0.15) is 0 Å². The van der Waals surface area contributed by atoms with Crippen LogP contribution < -0.4 is 0 Å². The summed E-state index contributed by atoms with van der Waals surface area (Å²) in [5.74, 6) is 1.20. The highest BCUT2D eigenvalue weighted by atomic mass is 16.5. The number of pyridine rings is 1. The summed E-state index contributed by atoms with van der Waals surface area (Å²) >= 11 is 0. The van der Waals surface area contributed by atoms with E-state index in [0.717, 1.165) is 0 Å². The van der Waals surface area contributed by atoms with Crippen LogP contribution in [0.5, 0.6) is 0 Å². The van der Waals surface area contributed by atoms with Crippen LogP contribution in [0.4, 0.5) is 0 Å². The van der Waals surface area contributed by atoms with Gasteiger partial charge in [-0.15, -0.1) is 0 Å². The van der Waals surface area contributed by atoms with E-state index >= 15 is 0 Å². The van der Waals surface area contributed by atoms with Gasteiger partial charge in [-0.25, -0.2) is 0 Å². The fourth-order valence-corrected chi connectivity index (χ4v) is 8.69. The zero-order valence-electron chi connectivity index (χ0n) is 20.3. The van der Waals surface area contributed by atoms with Crippen molar-refractivity contribution in [2.75, 3.05) is 14.1 Å². The maximum absolute atomic E-state index is 7.42. The van der Waals surface area contributed by atoms with E-state index in [1.54, 1.807) is 5.57 Å². The molecule has 0 radical (unpaired) electrons. The van der Waals surface area contributed by atoms with Crippen molar-refractivity contribution in [1.82, 2.24) is 9.88 Å². The van der Waals surface area contributed by atoms with E-state index in [9.17, 15) is 0 Å². The molecule has 2 bridgehead atoms. The van der Waals surface area contributed by atoms with Crippen molar-refractivity contribution in [3.63, 3.8) is 0 Å². The molecule has 2 aliphatic heterocycles. The molecule has 3 aliphatic carbocycles.